The van der Waals surface area contributed by atoms with E-state index in [4.69, 9.17) is 4.74 Å². The third-order valence-electron chi connectivity index (χ3n) is 4.20. The van der Waals surface area contributed by atoms with Crippen LogP contribution in [0.15, 0.2) is 0 Å². The molecule has 2 fully saturated rings. The van der Waals surface area contributed by atoms with Crippen molar-refractivity contribution in [2.45, 2.75) is 32.2 Å². The van der Waals surface area contributed by atoms with E-state index in [9.17, 15) is 8.42 Å². The largest absolute Gasteiger partial charge is 0.383 e. The molecular weight excluding hydrogens is 278 g/mol. The Bertz CT molecular complexity index is 390. The van der Waals surface area contributed by atoms with E-state index >= 15 is 0 Å². The third kappa shape index (κ3) is 3.92. The second-order valence-electron chi connectivity index (χ2n) is 5.69. The van der Waals surface area contributed by atoms with Crippen LogP contribution in [0.25, 0.3) is 0 Å². The van der Waals surface area contributed by atoms with Crippen LogP contribution in [0.1, 0.15) is 26.2 Å². The molecule has 1 aliphatic heterocycles. The van der Waals surface area contributed by atoms with Gasteiger partial charge >= 0.3 is 0 Å². The Labute approximate surface area is 122 Å². The van der Waals surface area contributed by atoms with Gasteiger partial charge in [-0.05, 0) is 38.6 Å². The SMILES string of the molecule is COCCN(C(C)C1CC1)S(=O)(=O)N1CCCNCC1. The molecule has 1 saturated carbocycles. The van der Waals surface area contributed by atoms with E-state index in [0.29, 0.717) is 32.2 Å². The zero-order chi connectivity index (χ0) is 14.6. The summed E-state index contributed by atoms with van der Waals surface area (Å²) in [5.41, 5.74) is 0. The Hall–Kier alpha value is -0.210. The topological polar surface area (TPSA) is 61.9 Å². The van der Waals surface area contributed by atoms with Crippen molar-refractivity contribution in [2.24, 2.45) is 5.92 Å². The summed E-state index contributed by atoms with van der Waals surface area (Å²) in [6.45, 7) is 5.71. The second-order valence-corrected chi connectivity index (χ2v) is 7.57. The van der Waals surface area contributed by atoms with Gasteiger partial charge in [-0.1, -0.05) is 0 Å². The van der Waals surface area contributed by atoms with Gasteiger partial charge < -0.3 is 10.1 Å². The molecule has 1 N–H and O–H groups in total. The van der Waals surface area contributed by atoms with E-state index in [2.05, 4.69) is 5.32 Å². The highest BCUT2D eigenvalue weighted by atomic mass is 32.2. The van der Waals surface area contributed by atoms with Gasteiger partial charge in [-0.3, -0.25) is 0 Å². The Kier molecular flexibility index (Phi) is 5.80. The number of hydrogen-bond acceptors (Lipinski definition) is 4. The Balaban J connectivity index is 2.11. The fraction of sp³-hybridized carbons (Fsp3) is 1.00. The van der Waals surface area contributed by atoms with Crippen LogP contribution in [-0.4, -0.2) is 69.5 Å². The number of ether oxygens (including phenoxy) is 1. The number of nitrogens with zero attached hydrogens (tertiary/aromatic N) is 2. The molecule has 0 aromatic heterocycles. The Morgan fingerprint density at radius 2 is 2.10 bits per heavy atom. The fourth-order valence-electron chi connectivity index (χ4n) is 2.72. The summed E-state index contributed by atoms with van der Waals surface area (Å²) < 4.78 is 34.1. The summed E-state index contributed by atoms with van der Waals surface area (Å²) in [5.74, 6) is 0.520. The van der Waals surface area contributed by atoms with E-state index in [1.54, 1.807) is 15.7 Å². The van der Waals surface area contributed by atoms with Crippen LogP contribution in [0.2, 0.25) is 0 Å². The zero-order valence-corrected chi connectivity index (χ0v) is 13.4. The minimum absolute atomic E-state index is 0.0753. The van der Waals surface area contributed by atoms with Crippen LogP contribution in [0, 0.1) is 5.92 Å². The maximum Gasteiger partial charge on any atom is 0.282 e. The molecule has 1 unspecified atom stereocenters. The van der Waals surface area contributed by atoms with Crippen LogP contribution in [-0.2, 0) is 14.9 Å². The lowest BCUT2D eigenvalue weighted by Crippen LogP contribution is -2.50. The van der Waals surface area contributed by atoms with E-state index in [1.165, 1.54) is 0 Å². The van der Waals surface area contributed by atoms with Crippen LogP contribution in [0.4, 0.5) is 0 Å². The lowest BCUT2D eigenvalue weighted by molar-refractivity contribution is 0.159. The molecule has 1 aliphatic carbocycles. The van der Waals surface area contributed by atoms with Crippen molar-refractivity contribution in [1.82, 2.24) is 13.9 Å². The Morgan fingerprint density at radius 1 is 1.35 bits per heavy atom. The molecule has 0 radical (unpaired) electrons. The quantitative estimate of drug-likeness (QED) is 0.733. The number of hydrogen-bond donors (Lipinski definition) is 1. The molecule has 1 saturated heterocycles. The van der Waals surface area contributed by atoms with Crippen molar-refractivity contribution in [1.29, 1.82) is 0 Å². The molecule has 7 heteroatoms. The van der Waals surface area contributed by atoms with Crippen LogP contribution in [0.5, 0.6) is 0 Å². The zero-order valence-electron chi connectivity index (χ0n) is 12.5. The normalized spacial score (nSPS) is 23.8. The highest BCUT2D eigenvalue weighted by Gasteiger charge is 2.39. The Morgan fingerprint density at radius 3 is 2.75 bits per heavy atom. The van der Waals surface area contributed by atoms with Crippen LogP contribution in [0.3, 0.4) is 0 Å². The first-order chi connectivity index (χ1) is 9.57. The highest BCUT2D eigenvalue weighted by molar-refractivity contribution is 7.86. The van der Waals surface area contributed by atoms with Crippen molar-refractivity contribution in [3.05, 3.63) is 0 Å². The number of methoxy groups -OCH3 is 1. The maximum absolute atomic E-state index is 12.9. The first kappa shape index (κ1) is 16.2. The molecule has 118 valence electrons. The van der Waals surface area contributed by atoms with Gasteiger partial charge in [0.25, 0.3) is 10.2 Å². The summed E-state index contributed by atoms with van der Waals surface area (Å²) in [6, 6.07) is 0.0753. The highest BCUT2D eigenvalue weighted by Crippen LogP contribution is 2.36. The van der Waals surface area contributed by atoms with E-state index in [-0.39, 0.29) is 6.04 Å². The van der Waals surface area contributed by atoms with Crippen molar-refractivity contribution in [2.75, 3.05) is 46.4 Å². The van der Waals surface area contributed by atoms with E-state index < -0.39 is 10.2 Å². The van der Waals surface area contributed by atoms with Crippen molar-refractivity contribution < 1.29 is 13.2 Å². The van der Waals surface area contributed by atoms with E-state index in [1.807, 2.05) is 6.92 Å². The van der Waals surface area contributed by atoms with Gasteiger partial charge in [-0.15, -0.1) is 0 Å². The number of nitrogens with one attached hydrogen (secondary N) is 1. The second kappa shape index (κ2) is 7.17. The van der Waals surface area contributed by atoms with Gasteiger partial charge in [0.05, 0.1) is 6.61 Å². The summed E-state index contributed by atoms with van der Waals surface area (Å²) in [4.78, 5) is 0. The predicted octanol–water partition coefficient (Wildman–Crippen LogP) is 0.273. The molecule has 0 aromatic carbocycles. The maximum atomic E-state index is 12.9. The molecule has 1 heterocycles. The number of rotatable bonds is 7. The first-order valence-electron chi connectivity index (χ1n) is 7.54. The van der Waals surface area contributed by atoms with E-state index in [0.717, 1.165) is 32.4 Å². The van der Waals surface area contributed by atoms with Crippen LogP contribution >= 0.6 is 0 Å². The lowest BCUT2D eigenvalue weighted by Gasteiger charge is -2.33. The van der Waals surface area contributed by atoms with Gasteiger partial charge in [0.1, 0.15) is 0 Å². The molecule has 6 nitrogen and oxygen atoms in total. The molecular formula is C13H27N3O3S. The first-order valence-corrected chi connectivity index (χ1v) is 8.93. The van der Waals surface area contributed by atoms with Gasteiger partial charge in [-0.25, -0.2) is 0 Å². The van der Waals surface area contributed by atoms with Gasteiger partial charge in [-0.2, -0.15) is 17.0 Å². The van der Waals surface area contributed by atoms with Crippen molar-refractivity contribution in [3.8, 4) is 0 Å². The minimum Gasteiger partial charge on any atom is -0.383 e. The van der Waals surface area contributed by atoms with Crippen LogP contribution < -0.4 is 5.32 Å². The average molecular weight is 305 g/mol. The summed E-state index contributed by atoms with van der Waals surface area (Å²) in [5, 5.41) is 3.25. The van der Waals surface area contributed by atoms with Gasteiger partial charge in [0.15, 0.2) is 0 Å². The van der Waals surface area contributed by atoms with Crippen molar-refractivity contribution >= 4 is 10.2 Å². The van der Waals surface area contributed by atoms with Crippen molar-refractivity contribution in [3.63, 3.8) is 0 Å². The molecule has 0 spiro atoms. The molecule has 2 aliphatic rings. The van der Waals surface area contributed by atoms with Gasteiger partial charge in [0.2, 0.25) is 0 Å². The summed E-state index contributed by atoms with van der Waals surface area (Å²) >= 11 is 0. The standard InChI is InChI=1S/C13H27N3O3S/c1-12(13-4-5-13)16(10-11-19-2)20(17,18)15-8-3-6-14-7-9-15/h12-14H,3-11H2,1-2H3. The lowest BCUT2D eigenvalue weighted by atomic mass is 10.2. The predicted molar refractivity (Wildman–Crippen MR) is 78.7 cm³/mol. The monoisotopic (exact) mass is 305 g/mol. The third-order valence-corrected chi connectivity index (χ3v) is 6.32. The smallest absolute Gasteiger partial charge is 0.282 e. The summed E-state index contributed by atoms with van der Waals surface area (Å²) in [6.07, 6.45) is 3.15. The minimum atomic E-state index is -3.38. The molecule has 1 atom stereocenters. The fourth-order valence-corrected chi connectivity index (χ4v) is 4.60. The molecule has 0 amide bonds. The molecule has 20 heavy (non-hydrogen) atoms. The molecule has 2 rings (SSSR count). The summed E-state index contributed by atoms with van der Waals surface area (Å²) in [7, 11) is -1.76. The molecule has 0 aromatic rings. The molecule has 0 bridgehead atoms. The average Bonchev–Trinajstić information content (AvgIpc) is 3.25. The van der Waals surface area contributed by atoms with Gasteiger partial charge in [0, 0.05) is 39.3 Å².